The van der Waals surface area contributed by atoms with E-state index in [1.807, 2.05) is 6.07 Å². The molecule has 0 saturated carbocycles. The average Bonchev–Trinajstić information content (AvgIpc) is 2.40. The number of rotatable bonds is 4. The van der Waals surface area contributed by atoms with Crippen molar-refractivity contribution < 1.29 is 0 Å². The van der Waals surface area contributed by atoms with E-state index >= 15 is 0 Å². The van der Waals surface area contributed by atoms with Gasteiger partial charge < -0.3 is 10.2 Å². The van der Waals surface area contributed by atoms with Gasteiger partial charge in [0.05, 0.1) is 5.02 Å². The van der Waals surface area contributed by atoms with Crippen LogP contribution >= 0.6 is 27.5 Å². The topological polar surface area (TPSA) is 15.3 Å². The summed E-state index contributed by atoms with van der Waals surface area (Å²) in [6.45, 7) is 6.76. The maximum absolute atomic E-state index is 6.06. The van der Waals surface area contributed by atoms with Gasteiger partial charge in [-0.25, -0.2) is 0 Å². The van der Waals surface area contributed by atoms with Gasteiger partial charge in [-0.2, -0.15) is 0 Å². The molecule has 1 aliphatic heterocycles. The SMILES string of the molecule is CCCNC1CCN(c2ccc(Cl)c(Br)c2)C(C)C1. The molecule has 1 heterocycles. The van der Waals surface area contributed by atoms with Crippen molar-refractivity contribution in [1.29, 1.82) is 0 Å². The summed E-state index contributed by atoms with van der Waals surface area (Å²) in [5, 5.41) is 4.41. The van der Waals surface area contributed by atoms with E-state index in [2.05, 4.69) is 52.1 Å². The fraction of sp³-hybridized carbons (Fsp3) is 0.600. The molecule has 1 N–H and O–H groups in total. The van der Waals surface area contributed by atoms with Crippen LogP contribution in [-0.2, 0) is 0 Å². The summed E-state index contributed by atoms with van der Waals surface area (Å²) < 4.78 is 0.977. The van der Waals surface area contributed by atoms with Crippen LogP contribution in [0.1, 0.15) is 33.1 Å². The van der Waals surface area contributed by atoms with Crippen LogP contribution in [0.3, 0.4) is 0 Å². The maximum atomic E-state index is 6.06. The third kappa shape index (κ3) is 3.87. The molecule has 106 valence electrons. The van der Waals surface area contributed by atoms with Crippen LogP contribution in [0.5, 0.6) is 0 Å². The highest BCUT2D eigenvalue weighted by molar-refractivity contribution is 9.10. The standard InChI is InChI=1S/C15H22BrClN2/c1-3-7-18-12-6-8-19(11(2)9-12)13-4-5-15(17)14(16)10-13/h4-5,10-12,18H,3,6-9H2,1-2H3. The van der Waals surface area contributed by atoms with Crippen LogP contribution in [-0.4, -0.2) is 25.2 Å². The average molecular weight is 346 g/mol. The molecule has 0 amide bonds. The Balaban J connectivity index is 2.01. The molecule has 0 bridgehead atoms. The Morgan fingerprint density at radius 2 is 2.26 bits per heavy atom. The van der Waals surface area contributed by atoms with Gasteiger partial charge in [0, 0.05) is 28.8 Å². The number of anilines is 1. The van der Waals surface area contributed by atoms with E-state index < -0.39 is 0 Å². The Morgan fingerprint density at radius 3 is 2.89 bits per heavy atom. The molecule has 1 aliphatic rings. The predicted molar refractivity (Wildman–Crippen MR) is 87.3 cm³/mol. The van der Waals surface area contributed by atoms with Gasteiger partial charge >= 0.3 is 0 Å². The van der Waals surface area contributed by atoms with Crippen molar-refractivity contribution in [2.45, 2.75) is 45.2 Å². The first-order valence-electron chi connectivity index (χ1n) is 7.07. The number of hydrogen-bond donors (Lipinski definition) is 1. The summed E-state index contributed by atoms with van der Waals surface area (Å²) in [7, 11) is 0. The molecule has 0 radical (unpaired) electrons. The number of benzene rings is 1. The maximum Gasteiger partial charge on any atom is 0.0549 e. The molecule has 1 aromatic carbocycles. The molecule has 1 fully saturated rings. The summed E-state index contributed by atoms with van der Waals surface area (Å²) in [6.07, 6.45) is 3.63. The van der Waals surface area contributed by atoms with Gasteiger partial charge in [0.15, 0.2) is 0 Å². The third-order valence-electron chi connectivity index (χ3n) is 3.79. The van der Waals surface area contributed by atoms with Crippen molar-refractivity contribution in [2.75, 3.05) is 18.0 Å². The molecule has 2 atom stereocenters. The van der Waals surface area contributed by atoms with Gasteiger partial charge in [-0.15, -0.1) is 0 Å². The van der Waals surface area contributed by atoms with Crippen molar-refractivity contribution in [3.63, 3.8) is 0 Å². The minimum atomic E-state index is 0.566. The van der Waals surface area contributed by atoms with Gasteiger partial charge in [-0.05, 0) is 66.9 Å². The molecule has 1 saturated heterocycles. The molecule has 19 heavy (non-hydrogen) atoms. The van der Waals surface area contributed by atoms with E-state index in [4.69, 9.17) is 11.6 Å². The van der Waals surface area contributed by atoms with Gasteiger partial charge in [-0.1, -0.05) is 18.5 Å². The summed E-state index contributed by atoms with van der Waals surface area (Å²) in [5.74, 6) is 0. The Hall–Kier alpha value is -0.250. The molecular weight excluding hydrogens is 324 g/mol. The molecule has 0 spiro atoms. The molecular formula is C15H22BrClN2. The number of halogens is 2. The zero-order valence-corrected chi connectivity index (χ0v) is 14.0. The highest BCUT2D eigenvalue weighted by atomic mass is 79.9. The van der Waals surface area contributed by atoms with Crippen molar-refractivity contribution >= 4 is 33.2 Å². The summed E-state index contributed by atoms with van der Waals surface area (Å²) >= 11 is 9.57. The largest absolute Gasteiger partial charge is 0.369 e. The second-order valence-corrected chi connectivity index (χ2v) is 6.58. The monoisotopic (exact) mass is 344 g/mol. The molecule has 4 heteroatoms. The normalized spacial score (nSPS) is 23.7. The Morgan fingerprint density at radius 1 is 1.47 bits per heavy atom. The lowest BCUT2D eigenvalue weighted by molar-refractivity contribution is 0.369. The Kier molecular flexibility index (Phi) is 5.55. The van der Waals surface area contributed by atoms with Crippen LogP contribution in [0.2, 0.25) is 5.02 Å². The molecule has 2 nitrogen and oxygen atoms in total. The minimum Gasteiger partial charge on any atom is -0.369 e. The summed E-state index contributed by atoms with van der Waals surface area (Å²) in [5.41, 5.74) is 1.26. The Bertz CT molecular complexity index is 425. The lowest BCUT2D eigenvalue weighted by atomic mass is 9.97. The van der Waals surface area contributed by atoms with Crippen molar-refractivity contribution in [3.05, 3.63) is 27.7 Å². The second-order valence-electron chi connectivity index (χ2n) is 5.32. The summed E-state index contributed by atoms with van der Waals surface area (Å²) in [6, 6.07) is 7.44. The van der Waals surface area contributed by atoms with E-state index in [-0.39, 0.29) is 0 Å². The highest BCUT2D eigenvalue weighted by Gasteiger charge is 2.25. The van der Waals surface area contributed by atoms with Gasteiger partial charge in [-0.3, -0.25) is 0 Å². The fourth-order valence-electron chi connectivity index (χ4n) is 2.75. The predicted octanol–water partition coefficient (Wildman–Crippen LogP) is 4.46. The first kappa shape index (κ1) is 15.1. The van der Waals surface area contributed by atoms with E-state index in [0.29, 0.717) is 12.1 Å². The minimum absolute atomic E-state index is 0.566. The van der Waals surface area contributed by atoms with E-state index in [1.165, 1.54) is 24.9 Å². The number of hydrogen-bond acceptors (Lipinski definition) is 2. The van der Waals surface area contributed by atoms with Crippen LogP contribution in [0.25, 0.3) is 0 Å². The molecule has 0 aromatic heterocycles. The number of piperidine rings is 1. The Labute approximate surface area is 129 Å². The van der Waals surface area contributed by atoms with Gasteiger partial charge in [0.25, 0.3) is 0 Å². The van der Waals surface area contributed by atoms with Gasteiger partial charge in [0.1, 0.15) is 0 Å². The number of nitrogens with one attached hydrogen (secondary N) is 1. The first-order valence-corrected chi connectivity index (χ1v) is 8.24. The lowest BCUT2D eigenvalue weighted by Gasteiger charge is -2.39. The van der Waals surface area contributed by atoms with Crippen LogP contribution in [0.15, 0.2) is 22.7 Å². The van der Waals surface area contributed by atoms with E-state index in [1.54, 1.807) is 0 Å². The number of nitrogens with zero attached hydrogens (tertiary/aromatic N) is 1. The van der Waals surface area contributed by atoms with Crippen LogP contribution in [0, 0.1) is 0 Å². The van der Waals surface area contributed by atoms with Crippen LogP contribution in [0.4, 0.5) is 5.69 Å². The summed E-state index contributed by atoms with van der Waals surface area (Å²) in [4.78, 5) is 2.48. The van der Waals surface area contributed by atoms with Crippen LogP contribution < -0.4 is 10.2 Å². The van der Waals surface area contributed by atoms with Crippen molar-refractivity contribution in [3.8, 4) is 0 Å². The molecule has 2 unspecified atom stereocenters. The molecule has 2 rings (SSSR count). The van der Waals surface area contributed by atoms with E-state index in [9.17, 15) is 0 Å². The zero-order valence-electron chi connectivity index (χ0n) is 11.6. The molecule has 1 aromatic rings. The van der Waals surface area contributed by atoms with E-state index in [0.717, 1.165) is 22.6 Å². The highest BCUT2D eigenvalue weighted by Crippen LogP contribution is 2.31. The van der Waals surface area contributed by atoms with Crippen molar-refractivity contribution in [1.82, 2.24) is 5.32 Å². The fourth-order valence-corrected chi connectivity index (χ4v) is 3.24. The second kappa shape index (κ2) is 6.96. The zero-order chi connectivity index (χ0) is 13.8. The smallest absolute Gasteiger partial charge is 0.0549 e. The quantitative estimate of drug-likeness (QED) is 0.866. The lowest BCUT2D eigenvalue weighted by Crippen LogP contribution is -2.47. The first-order chi connectivity index (χ1) is 9.11. The van der Waals surface area contributed by atoms with Gasteiger partial charge in [0.2, 0.25) is 0 Å². The van der Waals surface area contributed by atoms with Crippen molar-refractivity contribution in [2.24, 2.45) is 0 Å². The third-order valence-corrected chi connectivity index (χ3v) is 5.01. The molecule has 0 aliphatic carbocycles.